The number of hydrogen-bond acceptors (Lipinski definition) is 2. The fourth-order valence-electron chi connectivity index (χ4n) is 1.99. The monoisotopic (exact) mass is 248 g/mol. The van der Waals surface area contributed by atoms with Crippen LogP contribution >= 0.6 is 0 Å². The maximum atomic E-state index is 12.4. The molecule has 2 N–H and O–H groups in total. The molecule has 0 saturated carbocycles. The number of carbonyl (C=O) groups excluding carboxylic acids is 1. The summed E-state index contributed by atoms with van der Waals surface area (Å²) >= 11 is 0. The standard InChI is InChI=1S/C15H24N2O/c1-5-12-6-8-13(9-7-12)17(4)14(18)15(2,3)10-11-16/h6-9H,5,10-11,16H2,1-4H3. The number of rotatable bonds is 5. The van der Waals surface area contributed by atoms with Gasteiger partial charge in [0, 0.05) is 18.2 Å². The average Bonchev–Trinajstić information content (AvgIpc) is 2.37. The smallest absolute Gasteiger partial charge is 0.232 e. The van der Waals surface area contributed by atoms with Crippen molar-refractivity contribution < 1.29 is 4.79 Å². The van der Waals surface area contributed by atoms with E-state index in [0.717, 1.165) is 12.1 Å². The minimum Gasteiger partial charge on any atom is -0.330 e. The van der Waals surface area contributed by atoms with E-state index in [-0.39, 0.29) is 5.91 Å². The lowest BCUT2D eigenvalue weighted by Gasteiger charge is -2.29. The van der Waals surface area contributed by atoms with Crippen LogP contribution in [0.4, 0.5) is 5.69 Å². The molecular formula is C15H24N2O. The third kappa shape index (κ3) is 3.33. The lowest BCUT2D eigenvalue weighted by molar-refractivity contribution is -0.126. The molecule has 0 atom stereocenters. The lowest BCUT2D eigenvalue weighted by Crippen LogP contribution is -2.39. The van der Waals surface area contributed by atoms with E-state index in [0.29, 0.717) is 13.0 Å². The highest BCUT2D eigenvalue weighted by molar-refractivity contribution is 5.96. The van der Waals surface area contributed by atoms with Gasteiger partial charge in [0.2, 0.25) is 5.91 Å². The topological polar surface area (TPSA) is 46.3 Å². The zero-order valence-corrected chi connectivity index (χ0v) is 11.9. The average molecular weight is 248 g/mol. The van der Waals surface area contributed by atoms with Gasteiger partial charge in [-0.2, -0.15) is 0 Å². The molecule has 0 spiro atoms. The van der Waals surface area contributed by atoms with Crippen molar-refractivity contribution in [2.45, 2.75) is 33.6 Å². The van der Waals surface area contributed by atoms with Crippen LogP contribution in [0.2, 0.25) is 0 Å². The lowest BCUT2D eigenvalue weighted by atomic mass is 9.87. The number of amides is 1. The molecule has 3 heteroatoms. The van der Waals surface area contributed by atoms with Crippen LogP contribution in [-0.2, 0) is 11.2 Å². The van der Waals surface area contributed by atoms with Gasteiger partial charge in [-0.3, -0.25) is 4.79 Å². The van der Waals surface area contributed by atoms with Gasteiger partial charge in [-0.05, 0) is 37.1 Å². The fraction of sp³-hybridized carbons (Fsp3) is 0.533. The third-order valence-electron chi connectivity index (χ3n) is 3.38. The van der Waals surface area contributed by atoms with Crippen LogP contribution in [-0.4, -0.2) is 19.5 Å². The van der Waals surface area contributed by atoms with E-state index in [1.54, 1.807) is 4.90 Å². The Morgan fingerprint density at radius 2 is 1.83 bits per heavy atom. The Kier molecular flexibility index (Phi) is 4.91. The molecule has 1 amide bonds. The van der Waals surface area contributed by atoms with E-state index in [4.69, 9.17) is 5.73 Å². The number of nitrogens with two attached hydrogens (primary N) is 1. The second-order valence-electron chi connectivity index (χ2n) is 5.31. The normalized spacial score (nSPS) is 11.4. The third-order valence-corrected chi connectivity index (χ3v) is 3.38. The number of carbonyl (C=O) groups is 1. The summed E-state index contributed by atoms with van der Waals surface area (Å²) in [6, 6.07) is 8.12. The van der Waals surface area contributed by atoms with E-state index >= 15 is 0 Å². The molecule has 0 aromatic heterocycles. The molecular weight excluding hydrogens is 224 g/mol. The molecule has 100 valence electrons. The highest BCUT2D eigenvalue weighted by atomic mass is 16.2. The summed E-state index contributed by atoms with van der Waals surface area (Å²) in [5, 5.41) is 0. The zero-order chi connectivity index (χ0) is 13.8. The molecule has 1 rings (SSSR count). The Hall–Kier alpha value is -1.35. The molecule has 0 saturated heterocycles. The Morgan fingerprint density at radius 1 is 1.28 bits per heavy atom. The molecule has 0 bridgehead atoms. The second-order valence-corrected chi connectivity index (χ2v) is 5.31. The van der Waals surface area contributed by atoms with Gasteiger partial charge in [-0.1, -0.05) is 32.9 Å². The first-order valence-corrected chi connectivity index (χ1v) is 6.49. The molecule has 1 aromatic carbocycles. The summed E-state index contributed by atoms with van der Waals surface area (Å²) in [6.07, 6.45) is 1.71. The van der Waals surface area contributed by atoms with Gasteiger partial charge >= 0.3 is 0 Å². The summed E-state index contributed by atoms with van der Waals surface area (Å²) in [4.78, 5) is 14.1. The Balaban J connectivity index is 2.85. The minimum absolute atomic E-state index is 0.109. The minimum atomic E-state index is -0.410. The second kappa shape index (κ2) is 6.01. The number of aryl methyl sites for hydroxylation is 1. The molecule has 0 unspecified atom stereocenters. The molecule has 0 fully saturated rings. The Bertz CT molecular complexity index is 395. The summed E-state index contributed by atoms with van der Waals surface area (Å²) in [7, 11) is 1.82. The van der Waals surface area contributed by atoms with E-state index < -0.39 is 5.41 Å². The fourth-order valence-corrected chi connectivity index (χ4v) is 1.99. The Morgan fingerprint density at radius 3 is 2.28 bits per heavy atom. The van der Waals surface area contributed by atoms with Crippen LogP contribution in [0.1, 0.15) is 32.8 Å². The maximum Gasteiger partial charge on any atom is 0.232 e. The quantitative estimate of drug-likeness (QED) is 0.870. The molecule has 18 heavy (non-hydrogen) atoms. The van der Waals surface area contributed by atoms with Gasteiger partial charge in [0.25, 0.3) is 0 Å². The Labute approximate surface area is 110 Å². The highest BCUT2D eigenvalue weighted by Gasteiger charge is 2.30. The van der Waals surface area contributed by atoms with Gasteiger partial charge in [0.1, 0.15) is 0 Å². The first kappa shape index (κ1) is 14.7. The molecule has 0 aliphatic heterocycles. The van der Waals surface area contributed by atoms with Gasteiger partial charge in [-0.25, -0.2) is 0 Å². The van der Waals surface area contributed by atoms with Crippen LogP contribution in [0, 0.1) is 5.41 Å². The first-order valence-electron chi connectivity index (χ1n) is 6.49. The predicted octanol–water partition coefficient (Wildman–Crippen LogP) is 2.59. The van der Waals surface area contributed by atoms with E-state index in [1.165, 1.54) is 5.56 Å². The summed E-state index contributed by atoms with van der Waals surface area (Å²) in [6.45, 7) is 6.54. The summed E-state index contributed by atoms with van der Waals surface area (Å²) in [5.74, 6) is 0.109. The van der Waals surface area contributed by atoms with Crippen molar-refractivity contribution in [3.05, 3.63) is 29.8 Å². The van der Waals surface area contributed by atoms with Crippen LogP contribution in [0.25, 0.3) is 0 Å². The van der Waals surface area contributed by atoms with Crippen molar-refractivity contribution in [1.82, 2.24) is 0 Å². The van der Waals surface area contributed by atoms with Crippen LogP contribution in [0.3, 0.4) is 0 Å². The summed E-state index contributed by atoms with van der Waals surface area (Å²) in [5.41, 5.74) is 7.36. The summed E-state index contributed by atoms with van der Waals surface area (Å²) < 4.78 is 0. The number of nitrogens with zero attached hydrogens (tertiary/aromatic N) is 1. The van der Waals surface area contributed by atoms with Gasteiger partial charge in [0.05, 0.1) is 0 Å². The maximum absolute atomic E-state index is 12.4. The molecule has 3 nitrogen and oxygen atoms in total. The van der Waals surface area contributed by atoms with E-state index in [1.807, 2.05) is 33.0 Å². The highest BCUT2D eigenvalue weighted by Crippen LogP contribution is 2.25. The molecule has 0 radical (unpaired) electrons. The predicted molar refractivity (Wildman–Crippen MR) is 76.7 cm³/mol. The van der Waals surface area contributed by atoms with Crippen molar-refractivity contribution in [3.8, 4) is 0 Å². The van der Waals surface area contributed by atoms with Crippen LogP contribution < -0.4 is 10.6 Å². The zero-order valence-electron chi connectivity index (χ0n) is 11.9. The number of hydrogen-bond donors (Lipinski definition) is 1. The van der Waals surface area contributed by atoms with Crippen molar-refractivity contribution >= 4 is 11.6 Å². The van der Waals surface area contributed by atoms with Crippen molar-refractivity contribution in [3.63, 3.8) is 0 Å². The van der Waals surface area contributed by atoms with Gasteiger partial charge in [-0.15, -0.1) is 0 Å². The molecule has 0 aliphatic carbocycles. The first-order chi connectivity index (χ1) is 8.42. The van der Waals surface area contributed by atoms with Crippen LogP contribution in [0.15, 0.2) is 24.3 Å². The van der Waals surface area contributed by atoms with Crippen molar-refractivity contribution in [1.29, 1.82) is 0 Å². The van der Waals surface area contributed by atoms with Crippen molar-refractivity contribution in [2.75, 3.05) is 18.5 Å². The van der Waals surface area contributed by atoms with Crippen LogP contribution in [0.5, 0.6) is 0 Å². The molecule has 0 heterocycles. The molecule has 1 aromatic rings. The molecule has 0 aliphatic rings. The van der Waals surface area contributed by atoms with E-state index in [2.05, 4.69) is 19.1 Å². The van der Waals surface area contributed by atoms with Gasteiger partial charge in [0.15, 0.2) is 0 Å². The SMILES string of the molecule is CCc1ccc(N(C)C(=O)C(C)(C)CCN)cc1. The number of benzene rings is 1. The van der Waals surface area contributed by atoms with Gasteiger partial charge < -0.3 is 10.6 Å². The largest absolute Gasteiger partial charge is 0.330 e. The number of anilines is 1. The van der Waals surface area contributed by atoms with E-state index in [9.17, 15) is 4.79 Å². The van der Waals surface area contributed by atoms with Crippen molar-refractivity contribution in [2.24, 2.45) is 11.1 Å².